The van der Waals surface area contributed by atoms with E-state index in [2.05, 4.69) is 10.4 Å². The summed E-state index contributed by atoms with van der Waals surface area (Å²) in [6.45, 7) is 0.197. The van der Waals surface area contributed by atoms with Crippen LogP contribution in [0.2, 0.25) is 0 Å². The summed E-state index contributed by atoms with van der Waals surface area (Å²) >= 11 is 0. The maximum Gasteiger partial charge on any atom is 0.271 e. The summed E-state index contributed by atoms with van der Waals surface area (Å²) in [5.74, 6) is -0.807. The van der Waals surface area contributed by atoms with E-state index >= 15 is 0 Å². The lowest BCUT2D eigenvalue weighted by atomic mass is 10.3. The van der Waals surface area contributed by atoms with Gasteiger partial charge in [0.2, 0.25) is 5.91 Å². The molecule has 1 heterocycles. The number of rotatable bonds is 5. The summed E-state index contributed by atoms with van der Waals surface area (Å²) in [6.07, 6.45) is 1.78. The van der Waals surface area contributed by atoms with E-state index in [1.165, 1.54) is 0 Å². The van der Waals surface area contributed by atoms with Crippen LogP contribution in [0.4, 0.5) is 5.69 Å². The molecule has 1 aromatic heterocycles. The Morgan fingerprint density at radius 2 is 1.90 bits per heavy atom. The molecule has 2 aromatic rings. The van der Waals surface area contributed by atoms with Gasteiger partial charge in [0.15, 0.2) is 5.69 Å². The third-order valence-electron chi connectivity index (χ3n) is 2.64. The molecule has 0 saturated heterocycles. The van der Waals surface area contributed by atoms with E-state index in [9.17, 15) is 9.59 Å². The zero-order valence-corrected chi connectivity index (χ0v) is 10.7. The highest BCUT2D eigenvalue weighted by Crippen LogP contribution is 2.10. The fourth-order valence-corrected chi connectivity index (χ4v) is 1.61. The number of nitrogens with one attached hydrogen (secondary N) is 1. The molecule has 0 radical (unpaired) electrons. The molecule has 2 rings (SSSR count). The molecular weight excluding hydrogens is 258 g/mol. The standard InChI is InChI=1S/C13H15N5O2/c14-9-1-3-10(4-2-9)18-8-6-11(17-18)13(20)16-7-5-12(15)19/h1-4,6,8H,5,7,14H2,(H2,15,19)(H,16,20). The highest BCUT2D eigenvalue weighted by molar-refractivity contribution is 5.92. The molecule has 20 heavy (non-hydrogen) atoms. The van der Waals surface area contributed by atoms with Crippen LogP contribution < -0.4 is 16.8 Å². The average Bonchev–Trinajstić information content (AvgIpc) is 2.88. The summed E-state index contributed by atoms with van der Waals surface area (Å²) in [7, 11) is 0. The van der Waals surface area contributed by atoms with Gasteiger partial charge < -0.3 is 16.8 Å². The lowest BCUT2D eigenvalue weighted by Crippen LogP contribution is -2.28. The zero-order chi connectivity index (χ0) is 14.5. The SMILES string of the molecule is NC(=O)CCNC(=O)c1ccn(-c2ccc(N)cc2)n1. The molecule has 5 N–H and O–H groups in total. The van der Waals surface area contributed by atoms with Gasteiger partial charge in [-0.15, -0.1) is 0 Å². The van der Waals surface area contributed by atoms with Crippen LogP contribution in [0, 0.1) is 0 Å². The maximum atomic E-state index is 11.8. The number of benzene rings is 1. The van der Waals surface area contributed by atoms with Gasteiger partial charge in [0.05, 0.1) is 5.69 Å². The first kappa shape index (κ1) is 13.6. The predicted molar refractivity (Wildman–Crippen MR) is 74.1 cm³/mol. The van der Waals surface area contributed by atoms with Crippen LogP contribution in [0.5, 0.6) is 0 Å². The van der Waals surface area contributed by atoms with Crippen LogP contribution in [0.1, 0.15) is 16.9 Å². The number of nitrogens with two attached hydrogens (primary N) is 2. The number of amides is 2. The van der Waals surface area contributed by atoms with E-state index in [4.69, 9.17) is 11.5 Å². The minimum Gasteiger partial charge on any atom is -0.399 e. The normalized spacial score (nSPS) is 10.2. The fourth-order valence-electron chi connectivity index (χ4n) is 1.61. The second-order valence-electron chi connectivity index (χ2n) is 4.21. The summed E-state index contributed by atoms with van der Waals surface area (Å²) < 4.78 is 1.57. The maximum absolute atomic E-state index is 11.8. The fraction of sp³-hybridized carbons (Fsp3) is 0.154. The van der Waals surface area contributed by atoms with Gasteiger partial charge >= 0.3 is 0 Å². The molecule has 104 valence electrons. The number of carbonyl (C=O) groups excluding carboxylic acids is 2. The van der Waals surface area contributed by atoms with E-state index in [0.717, 1.165) is 5.69 Å². The first-order valence-corrected chi connectivity index (χ1v) is 6.04. The first-order chi connectivity index (χ1) is 9.56. The lowest BCUT2D eigenvalue weighted by molar-refractivity contribution is -0.117. The monoisotopic (exact) mass is 273 g/mol. The minimum atomic E-state index is -0.460. The second-order valence-corrected chi connectivity index (χ2v) is 4.21. The molecule has 0 saturated carbocycles. The van der Waals surface area contributed by atoms with Crippen molar-refractivity contribution in [3.63, 3.8) is 0 Å². The van der Waals surface area contributed by atoms with Gasteiger partial charge in [-0.3, -0.25) is 9.59 Å². The number of hydrogen-bond acceptors (Lipinski definition) is 4. The van der Waals surface area contributed by atoms with Crippen molar-refractivity contribution in [2.75, 3.05) is 12.3 Å². The van der Waals surface area contributed by atoms with Crippen molar-refractivity contribution in [1.29, 1.82) is 0 Å². The van der Waals surface area contributed by atoms with Crippen LogP contribution in [0.3, 0.4) is 0 Å². The minimum absolute atomic E-state index is 0.102. The molecule has 0 aliphatic carbocycles. The summed E-state index contributed by atoms with van der Waals surface area (Å²) in [6, 6.07) is 8.71. The lowest BCUT2D eigenvalue weighted by Gasteiger charge is -2.02. The van der Waals surface area contributed by atoms with E-state index in [-0.39, 0.29) is 24.6 Å². The van der Waals surface area contributed by atoms with E-state index < -0.39 is 5.91 Å². The van der Waals surface area contributed by atoms with Crippen LogP contribution >= 0.6 is 0 Å². The van der Waals surface area contributed by atoms with Gasteiger partial charge in [-0.2, -0.15) is 5.10 Å². The van der Waals surface area contributed by atoms with Crippen LogP contribution in [0.15, 0.2) is 36.5 Å². The van der Waals surface area contributed by atoms with Crippen molar-refractivity contribution in [2.45, 2.75) is 6.42 Å². The Hall–Kier alpha value is -2.83. The molecule has 0 fully saturated rings. The molecule has 0 atom stereocenters. The Labute approximate surface area is 115 Å². The van der Waals surface area contributed by atoms with Gasteiger partial charge in [-0.05, 0) is 30.3 Å². The number of primary amides is 1. The quantitative estimate of drug-likeness (QED) is 0.668. The number of aromatic nitrogens is 2. The van der Waals surface area contributed by atoms with Crippen LogP contribution in [-0.2, 0) is 4.79 Å². The highest BCUT2D eigenvalue weighted by atomic mass is 16.2. The van der Waals surface area contributed by atoms with Crippen LogP contribution in [-0.4, -0.2) is 28.1 Å². The average molecular weight is 273 g/mol. The van der Waals surface area contributed by atoms with Gasteiger partial charge in [0.1, 0.15) is 0 Å². The number of hydrogen-bond donors (Lipinski definition) is 3. The van der Waals surface area contributed by atoms with Gasteiger partial charge in [0.25, 0.3) is 5.91 Å². The Balaban J connectivity index is 2.03. The summed E-state index contributed by atoms with van der Waals surface area (Å²) in [4.78, 5) is 22.3. The Morgan fingerprint density at radius 1 is 1.20 bits per heavy atom. The van der Waals surface area contributed by atoms with Gasteiger partial charge in [-0.25, -0.2) is 4.68 Å². The molecule has 7 nitrogen and oxygen atoms in total. The smallest absolute Gasteiger partial charge is 0.271 e. The first-order valence-electron chi connectivity index (χ1n) is 6.04. The molecule has 0 bridgehead atoms. The number of nitrogens with zero attached hydrogens (tertiary/aromatic N) is 2. The van der Waals surface area contributed by atoms with Crippen molar-refractivity contribution >= 4 is 17.5 Å². The van der Waals surface area contributed by atoms with E-state index in [1.807, 2.05) is 0 Å². The molecular formula is C13H15N5O2. The number of anilines is 1. The van der Waals surface area contributed by atoms with E-state index in [1.54, 1.807) is 41.2 Å². The van der Waals surface area contributed by atoms with Crippen molar-refractivity contribution in [1.82, 2.24) is 15.1 Å². The van der Waals surface area contributed by atoms with E-state index in [0.29, 0.717) is 5.69 Å². The van der Waals surface area contributed by atoms with Crippen LogP contribution in [0.25, 0.3) is 5.69 Å². The molecule has 0 unspecified atom stereocenters. The largest absolute Gasteiger partial charge is 0.399 e. The van der Waals surface area contributed by atoms with Gasteiger partial charge in [-0.1, -0.05) is 0 Å². The van der Waals surface area contributed by atoms with Crippen molar-refractivity contribution in [3.8, 4) is 5.69 Å². The predicted octanol–water partition coefficient (Wildman–Crippen LogP) is 0.0597. The molecule has 2 amide bonds. The van der Waals surface area contributed by atoms with Crippen molar-refractivity contribution in [2.24, 2.45) is 5.73 Å². The number of nitrogen functional groups attached to an aromatic ring is 1. The molecule has 1 aromatic carbocycles. The number of carbonyl (C=O) groups is 2. The molecule has 0 aliphatic heterocycles. The molecule has 7 heteroatoms. The van der Waals surface area contributed by atoms with Crippen molar-refractivity contribution < 1.29 is 9.59 Å². The highest BCUT2D eigenvalue weighted by Gasteiger charge is 2.09. The second kappa shape index (κ2) is 5.87. The molecule has 0 aliphatic rings. The zero-order valence-electron chi connectivity index (χ0n) is 10.7. The van der Waals surface area contributed by atoms with Crippen molar-refractivity contribution in [3.05, 3.63) is 42.2 Å². The third kappa shape index (κ3) is 3.35. The Bertz CT molecular complexity index is 618. The third-order valence-corrected chi connectivity index (χ3v) is 2.64. The van der Waals surface area contributed by atoms with Gasteiger partial charge in [0, 0.05) is 24.8 Å². The molecule has 0 spiro atoms. The Morgan fingerprint density at radius 3 is 2.55 bits per heavy atom. The summed E-state index contributed by atoms with van der Waals surface area (Å²) in [5, 5.41) is 6.72. The summed E-state index contributed by atoms with van der Waals surface area (Å²) in [5.41, 5.74) is 12.3. The topological polar surface area (TPSA) is 116 Å². The Kier molecular flexibility index (Phi) is 3.99.